The number of aromatic nitrogens is 1. The molecule has 0 bridgehead atoms. The molecule has 3 aliphatic heterocycles. The van der Waals surface area contributed by atoms with Gasteiger partial charge in [0.1, 0.15) is 23.9 Å². The number of amides is 3. The minimum Gasteiger partial charge on any atom is -0.465 e. The Bertz CT molecular complexity index is 2150. The van der Waals surface area contributed by atoms with Crippen LogP contribution in [0.1, 0.15) is 85.5 Å². The first-order valence-corrected chi connectivity index (χ1v) is 21.9. The van der Waals surface area contributed by atoms with E-state index in [-0.39, 0.29) is 46.4 Å². The van der Waals surface area contributed by atoms with Crippen molar-refractivity contribution >= 4 is 52.6 Å². The number of para-hydroxylation sites is 1. The van der Waals surface area contributed by atoms with Crippen LogP contribution < -0.4 is 14.9 Å². The Morgan fingerprint density at radius 2 is 1.82 bits per heavy atom. The molecule has 0 spiro atoms. The van der Waals surface area contributed by atoms with Crippen molar-refractivity contribution in [2.75, 3.05) is 19.7 Å². The second kappa shape index (κ2) is 17.0. The SMILES string of the molecule is CCCCOC(=O)[C@H](C)NP(=O)(Oc1ccccc1)C(F)(F)c1ccc2sc(C(=O)N[C@H]3CCC[C@H]4CC[C@@H](C(=O)N5CC(c6cccnc6)C5)N4C3=O)cc2c1. The topological polar surface area (TPSA) is 147 Å². The van der Waals surface area contributed by atoms with Crippen molar-refractivity contribution in [3.63, 3.8) is 0 Å². The zero-order valence-electron chi connectivity index (χ0n) is 31.8. The Morgan fingerprint density at radius 3 is 2.56 bits per heavy atom. The standard InChI is InChI=1S/C41H46F2N5O7PS/c1-3-4-20-54-40(52)26(2)46-56(53,55-32-12-6-5-7-13-32)41(42,43)30-15-18-35-28(21-30)22-36(57-35)37(49)45-33-14-8-11-31-16-17-34(48(31)38(33)50)39(51)47-24-29(25-47)27-10-9-19-44-23-27/h5-7,9-10,12-13,15,18-19,21-23,26,29,31,33-34H,3-4,8,11,14,16-17,20,24-25H2,1-2H3,(H,45,49)(H,46,53)/t26-,31-,33-,34-,56?/m0/s1. The van der Waals surface area contributed by atoms with E-state index in [0.717, 1.165) is 41.9 Å². The smallest absolute Gasteiger partial charge is 0.390 e. The summed E-state index contributed by atoms with van der Waals surface area (Å²) in [6, 6.07) is 13.6. The number of carbonyl (C=O) groups is 4. The minimum atomic E-state index is -5.22. The van der Waals surface area contributed by atoms with Crippen molar-refractivity contribution in [3.05, 3.63) is 95.1 Å². The number of hydrogen-bond acceptors (Lipinski definition) is 9. The number of nitrogens with zero attached hydrogens (tertiary/aromatic N) is 3. The first-order valence-electron chi connectivity index (χ1n) is 19.4. The zero-order chi connectivity index (χ0) is 40.3. The van der Waals surface area contributed by atoms with Gasteiger partial charge in [0, 0.05) is 47.7 Å². The van der Waals surface area contributed by atoms with E-state index in [9.17, 15) is 23.7 Å². The van der Waals surface area contributed by atoms with Crippen molar-refractivity contribution in [2.24, 2.45) is 0 Å². The summed E-state index contributed by atoms with van der Waals surface area (Å²) in [7, 11) is -5.22. The second-order valence-corrected chi connectivity index (χ2v) is 18.1. The van der Waals surface area contributed by atoms with E-state index in [4.69, 9.17) is 9.26 Å². The van der Waals surface area contributed by atoms with Crippen LogP contribution in [-0.4, -0.2) is 82.3 Å². The molecule has 2 aromatic heterocycles. The van der Waals surface area contributed by atoms with Crippen molar-refractivity contribution in [1.82, 2.24) is 25.2 Å². The normalized spacial score (nSPS) is 21.5. The third-order valence-corrected chi connectivity index (χ3v) is 14.2. The number of hydrogen-bond donors (Lipinski definition) is 2. The average Bonchev–Trinajstić information content (AvgIpc) is 3.78. The molecule has 16 heteroatoms. The fourth-order valence-corrected chi connectivity index (χ4v) is 10.5. The van der Waals surface area contributed by atoms with Gasteiger partial charge in [-0.1, -0.05) is 43.7 Å². The number of halogens is 2. The molecule has 7 rings (SSSR count). The number of thiophene rings is 1. The van der Waals surface area contributed by atoms with Crippen molar-refractivity contribution in [3.8, 4) is 5.75 Å². The quantitative estimate of drug-likeness (QED) is 0.0766. The molecule has 3 aliphatic rings. The molecule has 5 heterocycles. The molecule has 302 valence electrons. The highest BCUT2D eigenvalue weighted by Gasteiger charge is 2.56. The largest absolute Gasteiger partial charge is 0.465 e. The molecule has 0 saturated carbocycles. The van der Waals surface area contributed by atoms with Crippen LogP contribution in [0.4, 0.5) is 8.78 Å². The van der Waals surface area contributed by atoms with Gasteiger partial charge in [-0.2, -0.15) is 8.78 Å². The predicted molar refractivity (Wildman–Crippen MR) is 211 cm³/mol. The van der Waals surface area contributed by atoms with Crippen LogP contribution >= 0.6 is 18.9 Å². The summed E-state index contributed by atoms with van der Waals surface area (Å²) < 4.78 is 58.5. The number of pyridine rings is 1. The van der Waals surface area contributed by atoms with Crippen LogP contribution in [0.25, 0.3) is 10.1 Å². The van der Waals surface area contributed by atoms with E-state index < -0.39 is 48.7 Å². The summed E-state index contributed by atoms with van der Waals surface area (Å²) in [5.74, 6) is -1.64. The maximum atomic E-state index is 16.5. The third kappa shape index (κ3) is 8.47. The van der Waals surface area contributed by atoms with Gasteiger partial charge in [0.05, 0.1) is 11.5 Å². The van der Waals surface area contributed by atoms with E-state index in [1.54, 1.807) is 34.2 Å². The molecule has 3 fully saturated rings. The van der Waals surface area contributed by atoms with Crippen molar-refractivity contribution < 1.29 is 41.8 Å². The number of rotatable bonds is 14. The van der Waals surface area contributed by atoms with Gasteiger partial charge >= 0.3 is 19.2 Å². The number of carbonyl (C=O) groups excluding carboxylic acids is 4. The van der Waals surface area contributed by atoms with Gasteiger partial charge in [-0.05, 0) is 92.8 Å². The summed E-state index contributed by atoms with van der Waals surface area (Å²) in [5.41, 5.74) is -3.71. The van der Waals surface area contributed by atoms with Crippen molar-refractivity contribution in [2.45, 2.75) is 94.5 Å². The highest BCUT2D eigenvalue weighted by molar-refractivity contribution is 7.58. The molecule has 12 nitrogen and oxygen atoms in total. The summed E-state index contributed by atoms with van der Waals surface area (Å²) in [4.78, 5) is 61.9. The molecule has 0 aliphatic carbocycles. The van der Waals surface area contributed by atoms with Gasteiger partial charge in [-0.3, -0.25) is 28.7 Å². The zero-order valence-corrected chi connectivity index (χ0v) is 33.5. The summed E-state index contributed by atoms with van der Waals surface area (Å²) in [6.07, 6.45) is 7.96. The Labute approximate surface area is 333 Å². The van der Waals surface area contributed by atoms with E-state index in [2.05, 4.69) is 15.4 Å². The van der Waals surface area contributed by atoms with Crippen LogP contribution in [0, 0.1) is 0 Å². The monoisotopic (exact) mass is 821 g/mol. The Kier molecular flexibility index (Phi) is 12.1. The van der Waals surface area contributed by atoms with Crippen LogP contribution in [0.3, 0.4) is 0 Å². The molecule has 5 atom stereocenters. The van der Waals surface area contributed by atoms with Gasteiger partial charge in [-0.25, -0.2) is 5.09 Å². The molecule has 2 N–H and O–H groups in total. The summed E-state index contributed by atoms with van der Waals surface area (Å²) in [6.45, 7) is 4.41. The van der Waals surface area contributed by atoms with Gasteiger partial charge in [0.15, 0.2) is 0 Å². The van der Waals surface area contributed by atoms with Crippen LogP contribution in [0.5, 0.6) is 5.75 Å². The maximum absolute atomic E-state index is 16.5. The maximum Gasteiger partial charge on any atom is 0.390 e. The molecular weight excluding hydrogens is 776 g/mol. The number of likely N-dealkylation sites (tertiary alicyclic amines) is 1. The number of alkyl halides is 2. The van der Waals surface area contributed by atoms with E-state index in [1.807, 2.05) is 25.3 Å². The average molecular weight is 822 g/mol. The summed E-state index contributed by atoms with van der Waals surface area (Å²) in [5, 5.41) is 5.43. The van der Waals surface area contributed by atoms with Crippen LogP contribution in [0.15, 0.2) is 79.1 Å². The molecule has 3 saturated heterocycles. The third-order valence-electron chi connectivity index (χ3n) is 10.9. The number of ether oxygens (including phenoxy) is 1. The lowest BCUT2D eigenvalue weighted by Crippen LogP contribution is -2.58. The number of benzene rings is 2. The summed E-state index contributed by atoms with van der Waals surface area (Å²) >= 11 is 1.07. The molecule has 0 radical (unpaired) electrons. The Hall–Kier alpha value is -4.72. The lowest BCUT2D eigenvalue weighted by Gasteiger charge is -2.42. The molecule has 2 aromatic carbocycles. The second-order valence-electron chi connectivity index (χ2n) is 14.9. The number of nitrogens with one attached hydrogen (secondary N) is 2. The number of unbranched alkanes of at least 4 members (excludes halogenated alkanes) is 1. The predicted octanol–water partition coefficient (Wildman–Crippen LogP) is 7.21. The highest BCUT2D eigenvalue weighted by atomic mass is 32.1. The first-order chi connectivity index (χ1) is 27.4. The molecular formula is C41H46F2N5O7PS. The van der Waals surface area contributed by atoms with Gasteiger partial charge in [-0.15, -0.1) is 11.3 Å². The van der Waals surface area contributed by atoms with E-state index >= 15 is 8.78 Å². The van der Waals surface area contributed by atoms with E-state index in [0.29, 0.717) is 49.9 Å². The minimum absolute atomic E-state index is 0.0784. The van der Waals surface area contributed by atoms with Gasteiger partial charge < -0.3 is 24.4 Å². The van der Waals surface area contributed by atoms with Gasteiger partial charge in [0.25, 0.3) is 5.91 Å². The first kappa shape index (κ1) is 40.5. The van der Waals surface area contributed by atoms with E-state index in [1.165, 1.54) is 31.2 Å². The fourth-order valence-electron chi connectivity index (χ4n) is 7.72. The lowest BCUT2D eigenvalue weighted by molar-refractivity contribution is -0.148. The van der Waals surface area contributed by atoms with Crippen LogP contribution in [-0.2, 0) is 29.3 Å². The Morgan fingerprint density at radius 1 is 1.04 bits per heavy atom. The van der Waals surface area contributed by atoms with Crippen LogP contribution in [0.2, 0.25) is 0 Å². The van der Waals surface area contributed by atoms with Crippen molar-refractivity contribution in [1.29, 1.82) is 0 Å². The number of fused-ring (bicyclic) bond motifs is 2. The van der Waals surface area contributed by atoms with Gasteiger partial charge in [0.2, 0.25) is 11.8 Å². The molecule has 57 heavy (non-hydrogen) atoms. The highest BCUT2D eigenvalue weighted by Crippen LogP contribution is 2.63. The molecule has 1 unspecified atom stereocenters. The molecule has 3 amide bonds. The Balaban J connectivity index is 1.06. The fraction of sp³-hybridized carbons (Fsp3) is 0.439. The molecule has 4 aromatic rings. The lowest BCUT2D eigenvalue weighted by atomic mass is 9.92. The number of esters is 1.